The Hall–Kier alpha value is 0.390. The molecular weight excluding hydrogens is 266 g/mol. The Morgan fingerprint density at radius 1 is 1.43 bits per heavy atom. The van der Waals surface area contributed by atoms with E-state index in [1.807, 2.05) is 7.05 Å². The number of hydrogen-bond acceptors (Lipinski definition) is 3. The van der Waals surface area contributed by atoms with Crippen molar-refractivity contribution < 1.29 is 8.42 Å². The molecule has 0 radical (unpaired) electrons. The average Bonchev–Trinajstić information content (AvgIpc) is 2.02. The van der Waals surface area contributed by atoms with Gasteiger partial charge in [-0.3, -0.25) is 0 Å². The summed E-state index contributed by atoms with van der Waals surface area (Å²) in [6.45, 7) is 5.57. The van der Waals surface area contributed by atoms with Crippen molar-refractivity contribution in [3.63, 3.8) is 0 Å². The summed E-state index contributed by atoms with van der Waals surface area (Å²) < 4.78 is 22.4. The summed E-state index contributed by atoms with van der Waals surface area (Å²) >= 11 is 3.46. The van der Waals surface area contributed by atoms with E-state index in [0.717, 1.165) is 19.5 Å². The smallest absolute Gasteiger partial charge is 0.150 e. The molecule has 5 heteroatoms. The minimum atomic E-state index is -2.78. The molecule has 0 aliphatic rings. The van der Waals surface area contributed by atoms with Crippen LogP contribution in [-0.2, 0) is 9.84 Å². The van der Waals surface area contributed by atoms with Crippen LogP contribution in [0.25, 0.3) is 0 Å². The van der Waals surface area contributed by atoms with Crippen molar-refractivity contribution in [2.24, 2.45) is 0 Å². The van der Waals surface area contributed by atoms with E-state index in [1.54, 1.807) is 6.92 Å². The normalized spacial score (nSPS) is 14.6. The molecule has 0 rings (SSSR count). The van der Waals surface area contributed by atoms with E-state index in [-0.39, 0.29) is 5.75 Å². The molecule has 0 spiro atoms. The average molecular weight is 286 g/mol. The summed E-state index contributed by atoms with van der Waals surface area (Å²) in [6.07, 6.45) is 0.729. The molecule has 0 heterocycles. The van der Waals surface area contributed by atoms with Crippen LogP contribution in [0.1, 0.15) is 20.3 Å². The number of halogens is 1. The highest BCUT2D eigenvalue weighted by Crippen LogP contribution is 2.01. The molecule has 0 bridgehead atoms. The molecule has 1 unspecified atom stereocenters. The summed E-state index contributed by atoms with van der Waals surface area (Å²) in [7, 11) is -0.772. The van der Waals surface area contributed by atoms with Crippen molar-refractivity contribution in [2.45, 2.75) is 25.1 Å². The third-order valence-corrected chi connectivity index (χ3v) is 4.08. The van der Waals surface area contributed by atoms with E-state index in [0.29, 0.717) is 10.6 Å². The lowest BCUT2D eigenvalue weighted by Gasteiger charge is -2.17. The van der Waals surface area contributed by atoms with Crippen LogP contribution in [-0.4, -0.2) is 49.8 Å². The van der Waals surface area contributed by atoms with Gasteiger partial charge >= 0.3 is 0 Å². The first kappa shape index (κ1) is 14.4. The number of rotatable bonds is 7. The Labute approximate surface area is 95.9 Å². The highest BCUT2D eigenvalue weighted by atomic mass is 79.9. The molecule has 0 aliphatic carbocycles. The predicted molar refractivity (Wildman–Crippen MR) is 64.8 cm³/mol. The predicted octanol–water partition coefficient (Wildman–Crippen LogP) is 1.53. The van der Waals surface area contributed by atoms with Crippen LogP contribution in [0.3, 0.4) is 0 Å². The molecule has 14 heavy (non-hydrogen) atoms. The fourth-order valence-electron chi connectivity index (χ4n) is 1.22. The molecule has 0 amide bonds. The van der Waals surface area contributed by atoms with Crippen molar-refractivity contribution in [2.75, 3.05) is 31.6 Å². The van der Waals surface area contributed by atoms with Gasteiger partial charge in [-0.1, -0.05) is 29.8 Å². The first-order chi connectivity index (χ1) is 6.37. The lowest BCUT2D eigenvalue weighted by Crippen LogP contribution is -2.27. The molecule has 0 saturated heterocycles. The van der Waals surface area contributed by atoms with Gasteiger partial charge in [0.1, 0.15) is 9.84 Å². The highest BCUT2D eigenvalue weighted by molar-refractivity contribution is 9.09. The summed E-state index contributed by atoms with van der Waals surface area (Å²) in [6, 6.07) is 0. The number of hydrogen-bond donors (Lipinski definition) is 0. The van der Waals surface area contributed by atoms with Crippen LogP contribution in [0.5, 0.6) is 0 Å². The minimum absolute atomic E-state index is 0.256. The molecule has 0 fully saturated rings. The van der Waals surface area contributed by atoms with Crippen molar-refractivity contribution in [3.8, 4) is 0 Å². The number of alkyl halides is 1. The Kier molecular flexibility index (Phi) is 6.99. The van der Waals surface area contributed by atoms with Crippen LogP contribution in [0.4, 0.5) is 0 Å². The lowest BCUT2D eigenvalue weighted by molar-refractivity contribution is 0.341. The van der Waals surface area contributed by atoms with Crippen LogP contribution in [0.15, 0.2) is 0 Å². The second-order valence-electron chi connectivity index (χ2n) is 3.63. The number of nitrogens with zero attached hydrogens (tertiary/aromatic N) is 1. The molecule has 0 aromatic rings. The standard InChI is InChI=1S/C9H20BrNO2S/c1-4-14(12,13)7-5-6-11(3)8-9(2)10/h9H,4-8H2,1-3H3. The molecule has 86 valence electrons. The van der Waals surface area contributed by atoms with Crippen molar-refractivity contribution in [1.82, 2.24) is 4.90 Å². The third kappa shape index (κ3) is 7.76. The first-order valence-corrected chi connectivity index (χ1v) is 7.64. The van der Waals surface area contributed by atoms with Gasteiger partial charge in [-0.15, -0.1) is 0 Å². The molecular formula is C9H20BrNO2S. The van der Waals surface area contributed by atoms with Crippen molar-refractivity contribution >= 4 is 25.8 Å². The van der Waals surface area contributed by atoms with E-state index in [2.05, 4.69) is 27.8 Å². The maximum atomic E-state index is 11.2. The lowest BCUT2D eigenvalue weighted by atomic mass is 10.4. The summed E-state index contributed by atoms with van der Waals surface area (Å²) in [5.41, 5.74) is 0. The van der Waals surface area contributed by atoms with E-state index >= 15 is 0 Å². The topological polar surface area (TPSA) is 37.4 Å². The number of sulfone groups is 1. The molecule has 0 saturated carbocycles. The second kappa shape index (κ2) is 6.80. The first-order valence-electron chi connectivity index (χ1n) is 4.90. The summed E-state index contributed by atoms with van der Waals surface area (Å²) in [4.78, 5) is 2.60. The largest absolute Gasteiger partial charge is 0.305 e. The van der Waals surface area contributed by atoms with Crippen molar-refractivity contribution in [1.29, 1.82) is 0 Å². The molecule has 0 aliphatic heterocycles. The zero-order valence-electron chi connectivity index (χ0n) is 9.16. The molecule has 3 nitrogen and oxygen atoms in total. The van der Waals surface area contributed by atoms with E-state index in [1.165, 1.54) is 0 Å². The fraction of sp³-hybridized carbons (Fsp3) is 1.00. The van der Waals surface area contributed by atoms with E-state index in [9.17, 15) is 8.42 Å². The van der Waals surface area contributed by atoms with Crippen LogP contribution in [0.2, 0.25) is 0 Å². The molecule has 0 aromatic heterocycles. The maximum absolute atomic E-state index is 11.2. The van der Waals surface area contributed by atoms with Gasteiger partial charge in [-0.2, -0.15) is 0 Å². The summed E-state index contributed by atoms with van der Waals surface area (Å²) in [5.74, 6) is 0.566. The van der Waals surface area contributed by atoms with E-state index < -0.39 is 9.84 Å². The Morgan fingerprint density at radius 2 is 2.00 bits per heavy atom. The molecule has 0 N–H and O–H groups in total. The Morgan fingerprint density at radius 3 is 2.43 bits per heavy atom. The molecule has 1 atom stereocenters. The third-order valence-electron chi connectivity index (χ3n) is 2.00. The van der Waals surface area contributed by atoms with Gasteiger partial charge in [0.25, 0.3) is 0 Å². The zero-order chi connectivity index (χ0) is 11.2. The second-order valence-corrected chi connectivity index (χ2v) is 7.67. The Balaban J connectivity index is 3.64. The SMILES string of the molecule is CCS(=O)(=O)CCCN(C)CC(C)Br. The quantitative estimate of drug-likeness (QED) is 0.666. The molecule has 0 aromatic carbocycles. The minimum Gasteiger partial charge on any atom is -0.305 e. The van der Waals surface area contributed by atoms with Gasteiger partial charge in [-0.25, -0.2) is 8.42 Å². The van der Waals surface area contributed by atoms with E-state index in [4.69, 9.17) is 0 Å². The van der Waals surface area contributed by atoms with Gasteiger partial charge < -0.3 is 4.90 Å². The zero-order valence-corrected chi connectivity index (χ0v) is 11.6. The van der Waals surface area contributed by atoms with Gasteiger partial charge in [0.05, 0.1) is 5.75 Å². The van der Waals surface area contributed by atoms with Crippen LogP contribution < -0.4 is 0 Å². The Bertz CT molecular complexity index is 239. The van der Waals surface area contributed by atoms with Crippen molar-refractivity contribution in [3.05, 3.63) is 0 Å². The fourth-order valence-corrected chi connectivity index (χ4v) is 2.57. The van der Waals surface area contributed by atoms with Gasteiger partial charge in [0.15, 0.2) is 0 Å². The maximum Gasteiger partial charge on any atom is 0.150 e. The monoisotopic (exact) mass is 285 g/mol. The van der Waals surface area contributed by atoms with Gasteiger partial charge in [0, 0.05) is 17.1 Å². The van der Waals surface area contributed by atoms with Gasteiger partial charge in [-0.05, 0) is 20.0 Å². The van der Waals surface area contributed by atoms with Crippen LogP contribution in [0, 0.1) is 0 Å². The summed E-state index contributed by atoms with van der Waals surface area (Å²) in [5, 5.41) is 0. The highest BCUT2D eigenvalue weighted by Gasteiger charge is 2.08. The van der Waals surface area contributed by atoms with Gasteiger partial charge in [0.2, 0.25) is 0 Å². The van der Waals surface area contributed by atoms with Crippen LogP contribution >= 0.6 is 15.9 Å².